The molecule has 4 fully saturated rings. The zero-order valence-electron chi connectivity index (χ0n) is 23.0. The van der Waals surface area contributed by atoms with Crippen LogP contribution in [-0.2, 0) is 16.1 Å². The standard InChI is InChI=1S/C31H43N3O4/c1-3-20-12-21-14-22(13-20)16-25(15-21)33-23-8-7-9-24(33)18-26(17-23)34-30(36)27-10-5-6-11-28(27)32(31(34)37)19-29(35)38-4-2/h5-6,10-11,20-26H,3-4,7-9,12-19H2,1-2H3/t20?,21-,22+,23-,24+,25?,26+. The second-order valence-corrected chi connectivity index (χ2v) is 12.5. The molecule has 2 aromatic rings. The van der Waals surface area contributed by atoms with Crippen molar-refractivity contribution >= 4 is 16.9 Å². The van der Waals surface area contributed by atoms with Crippen molar-refractivity contribution in [3.8, 4) is 0 Å². The average molecular weight is 522 g/mol. The smallest absolute Gasteiger partial charge is 0.332 e. The summed E-state index contributed by atoms with van der Waals surface area (Å²) in [5.74, 6) is 2.20. The number of fused-ring (bicyclic) bond motifs is 5. The van der Waals surface area contributed by atoms with E-state index in [1.807, 2.05) is 6.07 Å². The van der Waals surface area contributed by atoms with Gasteiger partial charge in [0, 0.05) is 24.2 Å². The average Bonchev–Trinajstić information content (AvgIpc) is 2.90. The van der Waals surface area contributed by atoms with E-state index in [9.17, 15) is 14.4 Å². The molecule has 2 aliphatic carbocycles. The van der Waals surface area contributed by atoms with Crippen LogP contribution in [0, 0.1) is 17.8 Å². The molecule has 4 aliphatic rings. The number of esters is 1. The highest BCUT2D eigenvalue weighted by Crippen LogP contribution is 2.48. The summed E-state index contributed by atoms with van der Waals surface area (Å²) in [6.45, 7) is 4.19. The van der Waals surface area contributed by atoms with Crippen LogP contribution in [0.4, 0.5) is 0 Å². The number of hydrogen-bond donors (Lipinski definition) is 0. The van der Waals surface area contributed by atoms with E-state index in [0.717, 1.165) is 43.4 Å². The second-order valence-electron chi connectivity index (χ2n) is 12.5. The van der Waals surface area contributed by atoms with Gasteiger partial charge in [-0.15, -0.1) is 0 Å². The predicted octanol–water partition coefficient (Wildman–Crippen LogP) is 4.89. The SMILES string of the molecule is CCOC(=O)Cn1c(=O)n([C@H]2C[C@H]3CCC[C@@H](C2)N3C2C[C@H]3CC(CC)C[C@@H](C2)C3)c(=O)c2ccccc21. The molecule has 0 amide bonds. The Kier molecular flexibility index (Phi) is 7.23. The van der Waals surface area contributed by atoms with E-state index < -0.39 is 5.97 Å². The van der Waals surface area contributed by atoms with Gasteiger partial charge >= 0.3 is 11.7 Å². The van der Waals surface area contributed by atoms with Gasteiger partial charge in [-0.05, 0) is 94.6 Å². The third-order valence-electron chi connectivity index (χ3n) is 10.3. The van der Waals surface area contributed by atoms with Crippen molar-refractivity contribution < 1.29 is 9.53 Å². The summed E-state index contributed by atoms with van der Waals surface area (Å²) >= 11 is 0. The highest BCUT2D eigenvalue weighted by atomic mass is 16.5. The molecule has 0 N–H and O–H groups in total. The van der Waals surface area contributed by atoms with E-state index >= 15 is 0 Å². The first-order valence-corrected chi connectivity index (χ1v) is 15.1. The van der Waals surface area contributed by atoms with Crippen LogP contribution >= 0.6 is 0 Å². The molecule has 38 heavy (non-hydrogen) atoms. The first-order valence-electron chi connectivity index (χ1n) is 15.1. The highest BCUT2D eigenvalue weighted by Gasteiger charge is 2.46. The Morgan fingerprint density at radius 2 is 1.55 bits per heavy atom. The zero-order chi connectivity index (χ0) is 26.4. The van der Waals surface area contributed by atoms with Gasteiger partial charge in [0.15, 0.2) is 0 Å². The lowest BCUT2D eigenvalue weighted by Gasteiger charge is -2.55. The maximum absolute atomic E-state index is 13.8. The van der Waals surface area contributed by atoms with Crippen molar-refractivity contribution in [2.45, 2.75) is 115 Å². The van der Waals surface area contributed by atoms with Gasteiger partial charge in [-0.3, -0.25) is 23.6 Å². The maximum Gasteiger partial charge on any atom is 0.332 e. The van der Waals surface area contributed by atoms with E-state index in [2.05, 4.69) is 11.8 Å². The van der Waals surface area contributed by atoms with Crippen LogP contribution in [0.15, 0.2) is 33.9 Å². The van der Waals surface area contributed by atoms with Crippen LogP contribution in [0.3, 0.4) is 0 Å². The molecule has 206 valence electrons. The molecule has 2 saturated heterocycles. The highest BCUT2D eigenvalue weighted by molar-refractivity contribution is 5.80. The number of carbonyl (C=O) groups is 1. The van der Waals surface area contributed by atoms with Crippen molar-refractivity contribution in [2.24, 2.45) is 17.8 Å². The largest absolute Gasteiger partial charge is 0.465 e. The molecule has 7 nitrogen and oxygen atoms in total. The quantitative estimate of drug-likeness (QED) is 0.506. The molecule has 4 bridgehead atoms. The number of para-hydroxylation sites is 1. The molecule has 2 unspecified atom stereocenters. The van der Waals surface area contributed by atoms with Crippen LogP contribution in [0.25, 0.3) is 10.9 Å². The van der Waals surface area contributed by atoms with Gasteiger partial charge < -0.3 is 4.74 Å². The third-order valence-corrected chi connectivity index (χ3v) is 10.3. The van der Waals surface area contributed by atoms with E-state index in [-0.39, 0.29) is 30.4 Å². The second kappa shape index (κ2) is 10.6. The van der Waals surface area contributed by atoms with E-state index in [4.69, 9.17) is 4.74 Å². The normalized spacial score (nSPS) is 33.3. The Morgan fingerprint density at radius 1 is 0.868 bits per heavy atom. The molecule has 7 atom stereocenters. The van der Waals surface area contributed by atoms with Gasteiger partial charge in [0.25, 0.3) is 5.56 Å². The summed E-state index contributed by atoms with van der Waals surface area (Å²) in [7, 11) is 0. The van der Waals surface area contributed by atoms with Crippen LogP contribution in [0.1, 0.15) is 90.5 Å². The van der Waals surface area contributed by atoms with Gasteiger partial charge in [0.05, 0.1) is 17.5 Å². The number of ether oxygens (including phenoxy) is 1. The summed E-state index contributed by atoms with van der Waals surface area (Å²) in [5, 5.41) is 0.495. The van der Waals surface area contributed by atoms with Crippen molar-refractivity contribution in [3.05, 3.63) is 45.1 Å². The van der Waals surface area contributed by atoms with Crippen molar-refractivity contribution in [1.82, 2.24) is 14.0 Å². The fourth-order valence-electron chi connectivity index (χ4n) is 8.88. The fourth-order valence-corrected chi connectivity index (χ4v) is 8.88. The van der Waals surface area contributed by atoms with E-state index in [0.29, 0.717) is 29.0 Å². The molecule has 3 heterocycles. The van der Waals surface area contributed by atoms with Crippen molar-refractivity contribution in [3.63, 3.8) is 0 Å². The number of hydrogen-bond acceptors (Lipinski definition) is 5. The Labute approximate surface area is 225 Å². The number of aromatic nitrogens is 2. The molecule has 1 aromatic heterocycles. The van der Waals surface area contributed by atoms with Gasteiger partial charge in [0.1, 0.15) is 6.54 Å². The Balaban J connectivity index is 1.30. The van der Waals surface area contributed by atoms with Gasteiger partial charge in [-0.25, -0.2) is 4.79 Å². The summed E-state index contributed by atoms with van der Waals surface area (Å²) in [4.78, 5) is 42.8. The number of carbonyl (C=O) groups excluding carboxylic acids is 1. The number of piperidine rings is 2. The van der Waals surface area contributed by atoms with Crippen LogP contribution < -0.4 is 11.2 Å². The molecule has 7 heteroatoms. The van der Waals surface area contributed by atoms with Crippen LogP contribution in [0.5, 0.6) is 0 Å². The predicted molar refractivity (Wildman–Crippen MR) is 148 cm³/mol. The van der Waals surface area contributed by atoms with Gasteiger partial charge in [-0.1, -0.05) is 31.9 Å². The minimum atomic E-state index is -0.454. The molecule has 0 spiro atoms. The lowest BCUT2D eigenvalue weighted by atomic mass is 9.64. The van der Waals surface area contributed by atoms with Gasteiger partial charge in [0.2, 0.25) is 0 Å². The van der Waals surface area contributed by atoms with E-state index in [1.165, 1.54) is 54.1 Å². The molecular formula is C31H43N3O4. The third kappa shape index (κ3) is 4.65. The number of benzene rings is 1. The van der Waals surface area contributed by atoms with Crippen molar-refractivity contribution in [2.75, 3.05) is 6.61 Å². The maximum atomic E-state index is 13.8. The van der Waals surface area contributed by atoms with Crippen LogP contribution in [-0.4, -0.2) is 44.7 Å². The minimum absolute atomic E-state index is 0.132. The first-order chi connectivity index (χ1) is 18.5. The summed E-state index contributed by atoms with van der Waals surface area (Å²) in [6, 6.07) is 8.53. The Morgan fingerprint density at radius 3 is 2.21 bits per heavy atom. The van der Waals surface area contributed by atoms with Crippen molar-refractivity contribution in [1.29, 1.82) is 0 Å². The lowest BCUT2D eigenvalue weighted by Crippen LogP contribution is -2.59. The molecule has 2 saturated carbocycles. The zero-order valence-corrected chi connectivity index (χ0v) is 23.0. The van der Waals surface area contributed by atoms with Crippen LogP contribution in [0.2, 0.25) is 0 Å². The summed E-state index contributed by atoms with van der Waals surface area (Å²) in [6.07, 6.45) is 13.4. The molecule has 2 aliphatic heterocycles. The minimum Gasteiger partial charge on any atom is -0.465 e. The number of nitrogens with zero attached hydrogens (tertiary/aromatic N) is 3. The molecule has 6 rings (SSSR count). The Bertz CT molecular complexity index is 1270. The fraction of sp³-hybridized carbons (Fsp3) is 0.710. The van der Waals surface area contributed by atoms with E-state index in [1.54, 1.807) is 25.1 Å². The summed E-state index contributed by atoms with van der Waals surface area (Å²) in [5.41, 5.74) is -0.0975. The topological polar surface area (TPSA) is 73.5 Å². The molecule has 1 aromatic carbocycles. The van der Waals surface area contributed by atoms with Gasteiger partial charge in [-0.2, -0.15) is 0 Å². The number of rotatable bonds is 6. The first kappa shape index (κ1) is 25.8. The monoisotopic (exact) mass is 521 g/mol. The lowest BCUT2D eigenvalue weighted by molar-refractivity contribution is -0.143. The summed E-state index contributed by atoms with van der Waals surface area (Å²) < 4.78 is 8.10. The molecular weight excluding hydrogens is 478 g/mol. The Hall–Kier alpha value is -2.41. The molecule has 0 radical (unpaired) electrons.